The number of halogens is 3. The second-order valence-electron chi connectivity index (χ2n) is 4.39. The first kappa shape index (κ1) is 14.5. The molecule has 2 aromatic rings. The highest BCUT2D eigenvalue weighted by molar-refractivity contribution is 9.10. The van der Waals surface area contributed by atoms with E-state index >= 15 is 0 Å². The van der Waals surface area contributed by atoms with Crippen LogP contribution in [0, 0.1) is 5.82 Å². The van der Waals surface area contributed by atoms with E-state index in [0.717, 1.165) is 15.6 Å². The maximum atomic E-state index is 13.2. The Kier molecular flexibility index (Phi) is 4.97. The molecule has 0 fully saturated rings. The molecular formula is C15H14BrClFN. The minimum Gasteiger partial charge on any atom is -0.306 e. The molecule has 100 valence electrons. The summed E-state index contributed by atoms with van der Waals surface area (Å²) in [7, 11) is 0. The zero-order valence-corrected chi connectivity index (χ0v) is 12.8. The molecule has 0 spiro atoms. The molecule has 0 aliphatic rings. The van der Waals surface area contributed by atoms with Crippen LogP contribution < -0.4 is 5.32 Å². The fraction of sp³-hybridized carbons (Fsp3) is 0.200. The molecular weight excluding hydrogens is 329 g/mol. The number of hydrogen-bond donors (Lipinski definition) is 1. The quantitative estimate of drug-likeness (QED) is 0.816. The van der Waals surface area contributed by atoms with Crippen molar-refractivity contribution >= 4 is 27.5 Å². The van der Waals surface area contributed by atoms with Gasteiger partial charge in [0, 0.05) is 22.1 Å². The van der Waals surface area contributed by atoms with Gasteiger partial charge in [-0.05, 0) is 48.4 Å². The lowest BCUT2D eigenvalue weighted by molar-refractivity contribution is 0.564. The first-order valence-electron chi connectivity index (χ1n) is 5.99. The van der Waals surface area contributed by atoms with Crippen molar-refractivity contribution in [3.05, 3.63) is 68.9 Å². The predicted octanol–water partition coefficient (Wildman–Crippen LogP) is 5.09. The zero-order valence-electron chi connectivity index (χ0n) is 10.5. The Labute approximate surface area is 125 Å². The predicted molar refractivity (Wildman–Crippen MR) is 80.8 cm³/mol. The molecule has 0 saturated carbocycles. The highest BCUT2D eigenvalue weighted by atomic mass is 79.9. The first-order chi connectivity index (χ1) is 9.06. The summed E-state index contributed by atoms with van der Waals surface area (Å²) in [5, 5.41) is 4.06. The highest BCUT2D eigenvalue weighted by Crippen LogP contribution is 2.22. The van der Waals surface area contributed by atoms with E-state index in [0.29, 0.717) is 11.6 Å². The SMILES string of the molecule is C[C@@H](NCc1cc(Cl)ccc1Br)c1cccc(F)c1. The lowest BCUT2D eigenvalue weighted by atomic mass is 10.1. The molecule has 19 heavy (non-hydrogen) atoms. The van der Waals surface area contributed by atoms with Crippen LogP contribution in [0.1, 0.15) is 24.1 Å². The Balaban J connectivity index is 2.04. The first-order valence-corrected chi connectivity index (χ1v) is 7.16. The lowest BCUT2D eigenvalue weighted by Gasteiger charge is -2.15. The largest absolute Gasteiger partial charge is 0.306 e. The van der Waals surface area contributed by atoms with Gasteiger partial charge in [-0.3, -0.25) is 0 Å². The molecule has 0 aliphatic heterocycles. The summed E-state index contributed by atoms with van der Waals surface area (Å²) in [5.41, 5.74) is 2.01. The number of nitrogens with one attached hydrogen (secondary N) is 1. The van der Waals surface area contributed by atoms with Gasteiger partial charge in [-0.1, -0.05) is 39.7 Å². The van der Waals surface area contributed by atoms with Gasteiger partial charge in [0.05, 0.1) is 0 Å². The molecule has 1 nitrogen and oxygen atoms in total. The minimum atomic E-state index is -0.213. The van der Waals surface area contributed by atoms with Crippen LogP contribution in [0.2, 0.25) is 5.02 Å². The van der Waals surface area contributed by atoms with Gasteiger partial charge in [-0.15, -0.1) is 0 Å². The van der Waals surface area contributed by atoms with E-state index < -0.39 is 0 Å². The smallest absolute Gasteiger partial charge is 0.123 e. The summed E-state index contributed by atoms with van der Waals surface area (Å²) in [4.78, 5) is 0. The average molecular weight is 343 g/mol. The summed E-state index contributed by atoms with van der Waals surface area (Å²) < 4.78 is 14.2. The summed E-state index contributed by atoms with van der Waals surface area (Å²) in [6.07, 6.45) is 0. The van der Waals surface area contributed by atoms with Gasteiger partial charge >= 0.3 is 0 Å². The van der Waals surface area contributed by atoms with Crippen molar-refractivity contribution in [1.82, 2.24) is 5.32 Å². The Hall–Kier alpha value is -0.900. The standard InChI is InChI=1S/C15H14BrClFN/c1-10(11-3-2-4-14(18)8-11)19-9-12-7-13(17)5-6-15(12)16/h2-8,10,19H,9H2,1H3/t10-/m1/s1. The molecule has 4 heteroatoms. The monoisotopic (exact) mass is 341 g/mol. The van der Waals surface area contributed by atoms with E-state index in [-0.39, 0.29) is 11.9 Å². The van der Waals surface area contributed by atoms with Gasteiger partial charge in [0.2, 0.25) is 0 Å². The normalized spacial score (nSPS) is 12.4. The third-order valence-electron chi connectivity index (χ3n) is 2.96. The van der Waals surface area contributed by atoms with Gasteiger partial charge in [-0.25, -0.2) is 4.39 Å². The molecule has 0 aliphatic carbocycles. The molecule has 0 heterocycles. The highest BCUT2D eigenvalue weighted by Gasteiger charge is 2.07. The Bertz CT molecular complexity index is 574. The lowest BCUT2D eigenvalue weighted by Crippen LogP contribution is -2.18. The third-order valence-corrected chi connectivity index (χ3v) is 3.96. The van der Waals surface area contributed by atoms with Gasteiger partial charge in [0.25, 0.3) is 0 Å². The van der Waals surface area contributed by atoms with Crippen LogP contribution in [0.3, 0.4) is 0 Å². The van der Waals surface area contributed by atoms with Crippen LogP contribution in [0.15, 0.2) is 46.9 Å². The van der Waals surface area contributed by atoms with E-state index in [2.05, 4.69) is 21.2 Å². The average Bonchev–Trinajstić information content (AvgIpc) is 2.39. The van der Waals surface area contributed by atoms with Crippen LogP contribution in [0.4, 0.5) is 4.39 Å². The van der Waals surface area contributed by atoms with Gasteiger partial charge in [0.15, 0.2) is 0 Å². The van der Waals surface area contributed by atoms with Crippen LogP contribution in [-0.2, 0) is 6.54 Å². The number of benzene rings is 2. The number of rotatable bonds is 4. The maximum Gasteiger partial charge on any atom is 0.123 e. The second-order valence-corrected chi connectivity index (χ2v) is 5.68. The van der Waals surface area contributed by atoms with Crippen LogP contribution in [-0.4, -0.2) is 0 Å². The second kappa shape index (κ2) is 6.51. The van der Waals surface area contributed by atoms with E-state index in [1.54, 1.807) is 12.1 Å². The molecule has 0 unspecified atom stereocenters. The van der Waals surface area contributed by atoms with Crippen molar-refractivity contribution in [1.29, 1.82) is 0 Å². The van der Waals surface area contributed by atoms with E-state index in [1.165, 1.54) is 6.07 Å². The molecule has 0 radical (unpaired) electrons. The van der Waals surface area contributed by atoms with E-state index in [9.17, 15) is 4.39 Å². The van der Waals surface area contributed by atoms with Gasteiger partial charge < -0.3 is 5.32 Å². The van der Waals surface area contributed by atoms with Crippen molar-refractivity contribution in [3.63, 3.8) is 0 Å². The van der Waals surface area contributed by atoms with Crippen molar-refractivity contribution < 1.29 is 4.39 Å². The minimum absolute atomic E-state index is 0.0709. The Morgan fingerprint density at radius 2 is 2.05 bits per heavy atom. The molecule has 0 bridgehead atoms. The zero-order chi connectivity index (χ0) is 13.8. The molecule has 2 rings (SSSR count). The summed E-state index contributed by atoms with van der Waals surface area (Å²) in [6.45, 7) is 2.67. The number of hydrogen-bond acceptors (Lipinski definition) is 1. The Morgan fingerprint density at radius 1 is 1.26 bits per heavy atom. The van der Waals surface area contributed by atoms with Gasteiger partial charge in [-0.2, -0.15) is 0 Å². The molecule has 1 atom stereocenters. The molecule has 0 aromatic heterocycles. The summed E-state index contributed by atoms with van der Waals surface area (Å²) in [5.74, 6) is -0.213. The van der Waals surface area contributed by atoms with E-state index in [4.69, 9.17) is 11.6 Å². The maximum absolute atomic E-state index is 13.2. The van der Waals surface area contributed by atoms with Crippen molar-refractivity contribution in [2.24, 2.45) is 0 Å². The fourth-order valence-corrected chi connectivity index (χ4v) is 2.42. The van der Waals surface area contributed by atoms with Gasteiger partial charge in [0.1, 0.15) is 5.82 Å². The summed E-state index contributed by atoms with van der Waals surface area (Å²) >= 11 is 9.46. The van der Waals surface area contributed by atoms with E-state index in [1.807, 2.05) is 31.2 Å². The fourth-order valence-electron chi connectivity index (χ4n) is 1.84. The third kappa shape index (κ3) is 4.03. The molecule has 0 saturated heterocycles. The molecule has 2 aromatic carbocycles. The van der Waals surface area contributed by atoms with Crippen molar-refractivity contribution in [3.8, 4) is 0 Å². The van der Waals surface area contributed by atoms with Crippen LogP contribution in [0.25, 0.3) is 0 Å². The van der Waals surface area contributed by atoms with Crippen LogP contribution in [0.5, 0.6) is 0 Å². The molecule has 1 N–H and O–H groups in total. The van der Waals surface area contributed by atoms with Crippen molar-refractivity contribution in [2.75, 3.05) is 0 Å². The van der Waals surface area contributed by atoms with Crippen LogP contribution >= 0.6 is 27.5 Å². The van der Waals surface area contributed by atoms with Crippen molar-refractivity contribution in [2.45, 2.75) is 19.5 Å². The summed E-state index contributed by atoms with van der Waals surface area (Å²) in [6, 6.07) is 12.4. The molecule has 0 amide bonds. The topological polar surface area (TPSA) is 12.0 Å². The Morgan fingerprint density at radius 3 is 2.79 bits per heavy atom.